The van der Waals surface area contributed by atoms with Crippen molar-refractivity contribution in [3.05, 3.63) is 83.6 Å². The number of esters is 3. The predicted octanol–water partition coefficient (Wildman–Crippen LogP) is 3.86. The number of para-hydroxylation sites is 1. The van der Waals surface area contributed by atoms with E-state index in [-0.39, 0.29) is 22.4 Å². The van der Waals surface area contributed by atoms with E-state index in [1.165, 1.54) is 44.7 Å². The summed E-state index contributed by atoms with van der Waals surface area (Å²) < 4.78 is 20.0. The van der Waals surface area contributed by atoms with Crippen molar-refractivity contribution in [1.29, 1.82) is 0 Å². The molecule has 0 aliphatic carbocycles. The van der Waals surface area contributed by atoms with Crippen molar-refractivity contribution < 1.29 is 37.8 Å². The van der Waals surface area contributed by atoms with Crippen LogP contribution in [0.5, 0.6) is 0 Å². The Morgan fingerprint density at radius 2 is 1.64 bits per heavy atom. The molecule has 0 spiro atoms. The van der Waals surface area contributed by atoms with Gasteiger partial charge in [0.15, 0.2) is 12.4 Å². The number of aromatic nitrogens is 1. The van der Waals surface area contributed by atoms with E-state index in [9.17, 15) is 19.2 Å². The SMILES string of the molecule is COC(=O)c1ccc(C(=O)OC)c(NC(=O)COC(=O)c2cc(-c3ccco3)nc3ccccc23)c1. The zero-order valence-corrected chi connectivity index (χ0v) is 19.3. The number of rotatable bonds is 7. The summed E-state index contributed by atoms with van der Waals surface area (Å²) in [5.41, 5.74) is 1.28. The van der Waals surface area contributed by atoms with Gasteiger partial charge in [0, 0.05) is 5.39 Å². The Morgan fingerprint density at radius 3 is 2.36 bits per heavy atom. The van der Waals surface area contributed by atoms with E-state index in [0.29, 0.717) is 22.4 Å². The van der Waals surface area contributed by atoms with E-state index in [2.05, 4.69) is 15.0 Å². The topological polar surface area (TPSA) is 134 Å². The van der Waals surface area contributed by atoms with E-state index in [4.69, 9.17) is 13.9 Å². The van der Waals surface area contributed by atoms with Crippen molar-refractivity contribution in [3.8, 4) is 11.5 Å². The lowest BCUT2D eigenvalue weighted by molar-refractivity contribution is -0.119. The molecule has 36 heavy (non-hydrogen) atoms. The Hall–Kier alpha value is -4.99. The van der Waals surface area contributed by atoms with Crippen molar-refractivity contribution in [1.82, 2.24) is 4.98 Å². The highest BCUT2D eigenvalue weighted by Gasteiger charge is 2.20. The lowest BCUT2D eigenvalue weighted by Gasteiger charge is -2.12. The third kappa shape index (κ3) is 5.07. The first-order chi connectivity index (χ1) is 17.4. The van der Waals surface area contributed by atoms with Crippen LogP contribution in [0.15, 0.2) is 71.3 Å². The molecular weight excluding hydrogens is 468 g/mol. The molecule has 2 aromatic heterocycles. The number of fused-ring (bicyclic) bond motifs is 1. The Balaban J connectivity index is 1.55. The van der Waals surface area contributed by atoms with Gasteiger partial charge < -0.3 is 23.9 Å². The van der Waals surface area contributed by atoms with E-state index in [1.54, 1.807) is 36.4 Å². The molecular formula is C26H20N2O8. The summed E-state index contributed by atoms with van der Waals surface area (Å²) >= 11 is 0. The van der Waals surface area contributed by atoms with Crippen LogP contribution in [0.1, 0.15) is 31.1 Å². The second-order valence-electron chi connectivity index (χ2n) is 7.42. The molecule has 2 heterocycles. The third-order valence-corrected chi connectivity index (χ3v) is 5.16. The van der Waals surface area contributed by atoms with Crippen LogP contribution in [0.25, 0.3) is 22.4 Å². The van der Waals surface area contributed by atoms with Crippen molar-refractivity contribution in [2.45, 2.75) is 0 Å². The molecule has 4 rings (SSSR count). The van der Waals surface area contributed by atoms with Crippen LogP contribution < -0.4 is 5.32 Å². The normalized spacial score (nSPS) is 10.5. The third-order valence-electron chi connectivity index (χ3n) is 5.16. The first-order valence-electron chi connectivity index (χ1n) is 10.6. The lowest BCUT2D eigenvalue weighted by atomic mass is 10.1. The average molecular weight is 488 g/mol. The zero-order valence-electron chi connectivity index (χ0n) is 19.3. The number of pyridine rings is 1. The summed E-state index contributed by atoms with van der Waals surface area (Å²) in [5, 5.41) is 3.01. The maximum atomic E-state index is 12.9. The number of benzene rings is 2. The molecule has 0 saturated carbocycles. The standard InChI is InChI=1S/C26H20N2O8/c1-33-24(30)15-9-10-17(25(31)34-2)20(12-15)28-23(29)14-36-26(32)18-13-21(22-8-5-11-35-22)27-19-7-4-3-6-16(18)19/h3-13H,14H2,1-2H3,(H,28,29). The van der Waals surface area contributed by atoms with Crippen LogP contribution in [0, 0.1) is 0 Å². The molecule has 0 radical (unpaired) electrons. The summed E-state index contributed by atoms with van der Waals surface area (Å²) in [4.78, 5) is 54.0. The van der Waals surface area contributed by atoms with Crippen molar-refractivity contribution in [2.24, 2.45) is 0 Å². The molecule has 10 nitrogen and oxygen atoms in total. The number of carbonyl (C=O) groups is 4. The summed E-state index contributed by atoms with van der Waals surface area (Å²) in [6, 6.07) is 15.9. The molecule has 0 saturated heterocycles. The molecule has 4 aromatic rings. The Labute approximate surface area is 204 Å². The molecule has 0 aliphatic heterocycles. The van der Waals surface area contributed by atoms with Gasteiger partial charge in [0.2, 0.25) is 0 Å². The second-order valence-corrected chi connectivity index (χ2v) is 7.42. The number of methoxy groups -OCH3 is 2. The van der Waals surface area contributed by atoms with Gasteiger partial charge in [-0.3, -0.25) is 4.79 Å². The van der Waals surface area contributed by atoms with Crippen molar-refractivity contribution in [3.63, 3.8) is 0 Å². The summed E-state index contributed by atoms with van der Waals surface area (Å²) in [6.07, 6.45) is 1.49. The van der Waals surface area contributed by atoms with Gasteiger partial charge in [-0.2, -0.15) is 0 Å². The summed E-state index contributed by atoms with van der Waals surface area (Å²) in [6.45, 7) is -0.658. The molecule has 10 heteroatoms. The van der Waals surface area contributed by atoms with Crippen molar-refractivity contribution in [2.75, 3.05) is 26.1 Å². The number of furan rings is 1. The van der Waals surface area contributed by atoms with Gasteiger partial charge in [-0.05, 0) is 42.5 Å². The minimum Gasteiger partial charge on any atom is -0.465 e. The van der Waals surface area contributed by atoms with Crippen LogP contribution in [0.4, 0.5) is 5.69 Å². The van der Waals surface area contributed by atoms with Crippen LogP contribution in [-0.2, 0) is 19.0 Å². The highest BCUT2D eigenvalue weighted by atomic mass is 16.5. The number of anilines is 1. The quantitative estimate of drug-likeness (QED) is 0.304. The van der Waals surface area contributed by atoms with Gasteiger partial charge in [-0.15, -0.1) is 0 Å². The van der Waals surface area contributed by atoms with Gasteiger partial charge in [-0.25, -0.2) is 19.4 Å². The number of amides is 1. The monoisotopic (exact) mass is 488 g/mol. The molecule has 0 aliphatic rings. The molecule has 0 bridgehead atoms. The molecule has 0 fully saturated rings. The number of ether oxygens (including phenoxy) is 3. The zero-order chi connectivity index (χ0) is 25.7. The number of hydrogen-bond donors (Lipinski definition) is 1. The van der Waals surface area contributed by atoms with E-state index < -0.39 is 30.4 Å². The highest BCUT2D eigenvalue weighted by molar-refractivity contribution is 6.07. The van der Waals surface area contributed by atoms with Crippen LogP contribution in [-0.4, -0.2) is 49.6 Å². The van der Waals surface area contributed by atoms with Crippen LogP contribution in [0.2, 0.25) is 0 Å². The Morgan fingerprint density at radius 1 is 0.861 bits per heavy atom. The summed E-state index contributed by atoms with van der Waals surface area (Å²) in [5.74, 6) is -2.42. The van der Waals surface area contributed by atoms with Crippen LogP contribution >= 0.6 is 0 Å². The molecule has 0 unspecified atom stereocenters. The Bertz CT molecular complexity index is 1460. The lowest BCUT2D eigenvalue weighted by Crippen LogP contribution is -2.23. The maximum Gasteiger partial charge on any atom is 0.339 e. The maximum absolute atomic E-state index is 12.9. The fourth-order valence-electron chi connectivity index (χ4n) is 3.47. The minimum absolute atomic E-state index is 0.000246. The van der Waals surface area contributed by atoms with Gasteiger partial charge in [-0.1, -0.05) is 18.2 Å². The van der Waals surface area contributed by atoms with Gasteiger partial charge in [0.05, 0.1) is 48.4 Å². The van der Waals surface area contributed by atoms with Crippen LogP contribution in [0.3, 0.4) is 0 Å². The van der Waals surface area contributed by atoms with E-state index in [1.807, 2.05) is 0 Å². The first kappa shape index (κ1) is 24.1. The van der Waals surface area contributed by atoms with E-state index >= 15 is 0 Å². The summed E-state index contributed by atoms with van der Waals surface area (Å²) in [7, 11) is 2.38. The molecule has 182 valence electrons. The highest BCUT2D eigenvalue weighted by Crippen LogP contribution is 2.26. The van der Waals surface area contributed by atoms with E-state index in [0.717, 1.165) is 0 Å². The van der Waals surface area contributed by atoms with Crippen molar-refractivity contribution >= 4 is 40.4 Å². The fourth-order valence-corrected chi connectivity index (χ4v) is 3.47. The largest absolute Gasteiger partial charge is 0.465 e. The number of hydrogen-bond acceptors (Lipinski definition) is 9. The fraction of sp³-hybridized carbons (Fsp3) is 0.115. The average Bonchev–Trinajstić information content (AvgIpc) is 3.45. The van der Waals surface area contributed by atoms with Gasteiger partial charge in [0.25, 0.3) is 5.91 Å². The molecule has 1 amide bonds. The molecule has 0 atom stereocenters. The number of nitrogens with one attached hydrogen (secondary N) is 1. The number of carbonyl (C=O) groups excluding carboxylic acids is 4. The molecule has 1 N–H and O–H groups in total. The van der Waals surface area contributed by atoms with Gasteiger partial charge in [0.1, 0.15) is 5.69 Å². The van der Waals surface area contributed by atoms with Gasteiger partial charge >= 0.3 is 17.9 Å². The smallest absolute Gasteiger partial charge is 0.339 e. The number of nitrogens with zero attached hydrogens (tertiary/aromatic N) is 1. The Kier molecular flexibility index (Phi) is 7.05. The minimum atomic E-state index is -0.756. The molecule has 2 aromatic carbocycles. The first-order valence-corrected chi connectivity index (χ1v) is 10.6. The second kappa shape index (κ2) is 10.5. The predicted molar refractivity (Wildman–Crippen MR) is 127 cm³/mol.